The smallest absolute Gasteiger partial charge is 0.280 e. The van der Waals surface area contributed by atoms with Crippen LogP contribution < -0.4 is 10.9 Å². The van der Waals surface area contributed by atoms with Gasteiger partial charge in [0.1, 0.15) is 18.3 Å². The maximum Gasteiger partial charge on any atom is 0.280 e. The lowest BCUT2D eigenvalue weighted by Gasteiger charge is -2.55. The summed E-state index contributed by atoms with van der Waals surface area (Å²) in [6, 6.07) is 0. The van der Waals surface area contributed by atoms with Crippen molar-refractivity contribution >= 4 is 23.0 Å². The third-order valence-electron chi connectivity index (χ3n) is 7.98. The van der Waals surface area contributed by atoms with Crippen molar-refractivity contribution in [2.45, 2.75) is 63.1 Å². The van der Waals surface area contributed by atoms with Crippen molar-refractivity contribution in [3.05, 3.63) is 16.7 Å². The van der Waals surface area contributed by atoms with Gasteiger partial charge in [0.05, 0.1) is 18.3 Å². The van der Waals surface area contributed by atoms with Crippen LogP contribution in [-0.2, 0) is 9.53 Å². The van der Waals surface area contributed by atoms with E-state index in [9.17, 15) is 24.9 Å². The molecule has 0 radical (unpaired) electrons. The topological polar surface area (TPSA) is 163 Å². The lowest BCUT2D eigenvalue weighted by molar-refractivity contribution is -0.140. The van der Waals surface area contributed by atoms with E-state index >= 15 is 0 Å². The van der Waals surface area contributed by atoms with E-state index in [0.29, 0.717) is 17.8 Å². The average molecular weight is 445 g/mol. The van der Waals surface area contributed by atoms with Gasteiger partial charge in [0, 0.05) is 0 Å². The molecular formula is C21H27N5O6. The largest absolute Gasteiger partial charge is 0.394 e. The van der Waals surface area contributed by atoms with Crippen LogP contribution in [0.1, 0.15) is 44.8 Å². The zero-order valence-corrected chi connectivity index (χ0v) is 17.5. The molecule has 2 aromatic heterocycles. The number of carbonyl (C=O) groups is 1. The van der Waals surface area contributed by atoms with E-state index in [1.807, 2.05) is 0 Å². The number of imidazole rings is 1. The van der Waals surface area contributed by atoms with Crippen LogP contribution >= 0.6 is 0 Å². The molecule has 2 aromatic rings. The summed E-state index contributed by atoms with van der Waals surface area (Å²) in [5.41, 5.74) is -0.785. The van der Waals surface area contributed by atoms with Gasteiger partial charge in [0.25, 0.3) is 5.56 Å². The minimum atomic E-state index is -1.34. The Hall–Kier alpha value is -2.34. The summed E-state index contributed by atoms with van der Waals surface area (Å²) in [6.07, 6.45) is 2.94. The number of rotatable bonds is 4. The Kier molecular flexibility index (Phi) is 4.49. The molecule has 4 bridgehead atoms. The van der Waals surface area contributed by atoms with Crippen LogP contribution in [0.25, 0.3) is 11.2 Å². The first-order valence-electron chi connectivity index (χ1n) is 11.3. The summed E-state index contributed by atoms with van der Waals surface area (Å²) < 4.78 is 6.89. The Bertz CT molecular complexity index is 1090. The van der Waals surface area contributed by atoms with E-state index < -0.39 is 42.1 Å². The maximum atomic E-state index is 13.3. The highest BCUT2D eigenvalue weighted by Gasteiger charge is 2.54. The standard InChI is InChI=1S/C21H27N5O6/c27-7-12-14(28)15(29)18(32-12)26-8-22-13-16(26)23-20(24-17(13)30)25-19(31)21-4-9-1-10(5-21)3-11(2-9)6-21/h8-12,14-15,18,27-29H,1-7H2,(H2,23,24,25,30,31)/t9?,10?,11?,12-,14+,15-,18-,21?/m1/s1. The number of hydrogen-bond donors (Lipinski definition) is 5. The molecule has 1 amide bonds. The number of aromatic nitrogens is 4. The van der Waals surface area contributed by atoms with Crippen LogP contribution in [0.15, 0.2) is 11.1 Å². The van der Waals surface area contributed by atoms with Crippen LogP contribution in [0.5, 0.6) is 0 Å². The fourth-order valence-electron chi connectivity index (χ4n) is 6.91. The molecule has 4 atom stereocenters. The first-order chi connectivity index (χ1) is 15.4. The number of aliphatic hydroxyl groups excluding tert-OH is 3. The monoisotopic (exact) mass is 445 g/mol. The highest BCUT2D eigenvalue weighted by Crippen LogP contribution is 2.60. The van der Waals surface area contributed by atoms with Crippen molar-refractivity contribution in [1.29, 1.82) is 0 Å². The van der Waals surface area contributed by atoms with E-state index in [2.05, 4.69) is 20.3 Å². The van der Waals surface area contributed by atoms with Crippen molar-refractivity contribution in [2.75, 3.05) is 11.9 Å². The summed E-state index contributed by atoms with van der Waals surface area (Å²) in [5.74, 6) is 1.74. The molecule has 0 aromatic carbocycles. The number of hydrogen-bond acceptors (Lipinski definition) is 8. The van der Waals surface area contributed by atoms with Gasteiger partial charge in [-0.05, 0) is 56.3 Å². The summed E-state index contributed by atoms with van der Waals surface area (Å²) >= 11 is 0. The first-order valence-corrected chi connectivity index (χ1v) is 11.3. The van der Waals surface area contributed by atoms with Gasteiger partial charge >= 0.3 is 0 Å². The molecule has 5 aliphatic rings. The normalized spacial score (nSPS) is 40.3. The third kappa shape index (κ3) is 2.95. The lowest BCUT2D eigenvalue weighted by Crippen LogP contribution is -2.52. The molecule has 0 spiro atoms. The second kappa shape index (κ2) is 7.08. The minimum absolute atomic E-state index is 0.0236. The molecule has 1 saturated heterocycles. The summed E-state index contributed by atoms with van der Waals surface area (Å²) in [4.78, 5) is 37.0. The summed E-state index contributed by atoms with van der Waals surface area (Å²) in [5, 5.41) is 32.6. The molecule has 7 rings (SSSR count). The Morgan fingerprint density at radius 2 is 1.84 bits per heavy atom. The Morgan fingerprint density at radius 3 is 2.44 bits per heavy atom. The fourth-order valence-corrected chi connectivity index (χ4v) is 6.91. The second-order valence-corrected chi connectivity index (χ2v) is 10.1. The number of fused-ring (bicyclic) bond motifs is 1. The van der Waals surface area contributed by atoms with E-state index in [0.717, 1.165) is 19.3 Å². The number of H-pyrrole nitrogens is 1. The van der Waals surface area contributed by atoms with E-state index in [1.54, 1.807) is 0 Å². The number of ether oxygens (including phenoxy) is 1. The van der Waals surface area contributed by atoms with E-state index in [-0.39, 0.29) is 23.0 Å². The molecule has 5 N–H and O–H groups in total. The predicted molar refractivity (Wildman–Crippen MR) is 110 cm³/mol. The SMILES string of the molecule is O=C(Nc1nc2c(ncn2[C@@H]2O[C@H](CO)[C@H](O)[C@H]2O)c(=O)[nH]1)C12CC3CC(CC(C3)C1)C2. The molecule has 4 saturated carbocycles. The zero-order valence-electron chi connectivity index (χ0n) is 17.5. The van der Waals surface area contributed by atoms with Crippen LogP contribution in [0.4, 0.5) is 5.95 Å². The molecular weight excluding hydrogens is 418 g/mol. The number of nitrogens with one attached hydrogen (secondary N) is 2. The second-order valence-electron chi connectivity index (χ2n) is 10.1. The predicted octanol–water partition coefficient (Wildman–Crippen LogP) is -0.114. The van der Waals surface area contributed by atoms with Crippen molar-refractivity contribution < 1.29 is 24.9 Å². The number of anilines is 1. The number of nitrogens with zero attached hydrogens (tertiary/aromatic N) is 3. The maximum absolute atomic E-state index is 13.3. The number of carbonyl (C=O) groups excluding carboxylic acids is 1. The molecule has 11 nitrogen and oxygen atoms in total. The minimum Gasteiger partial charge on any atom is -0.394 e. The molecule has 32 heavy (non-hydrogen) atoms. The number of aromatic amines is 1. The molecule has 11 heteroatoms. The first kappa shape index (κ1) is 20.3. The van der Waals surface area contributed by atoms with Crippen molar-refractivity contribution in [1.82, 2.24) is 19.5 Å². The molecule has 4 aliphatic carbocycles. The van der Waals surface area contributed by atoms with Gasteiger partial charge in [-0.3, -0.25) is 24.5 Å². The molecule has 3 heterocycles. The van der Waals surface area contributed by atoms with Gasteiger partial charge in [-0.25, -0.2) is 4.98 Å². The lowest BCUT2D eigenvalue weighted by atomic mass is 9.49. The van der Waals surface area contributed by atoms with Crippen LogP contribution in [0.2, 0.25) is 0 Å². The number of aliphatic hydroxyl groups is 3. The van der Waals surface area contributed by atoms with Crippen molar-refractivity contribution in [3.8, 4) is 0 Å². The van der Waals surface area contributed by atoms with Gasteiger partial charge in [0.15, 0.2) is 17.4 Å². The van der Waals surface area contributed by atoms with Crippen molar-refractivity contribution in [2.24, 2.45) is 23.2 Å². The van der Waals surface area contributed by atoms with E-state index in [1.165, 1.54) is 30.2 Å². The van der Waals surface area contributed by atoms with Crippen molar-refractivity contribution in [3.63, 3.8) is 0 Å². The van der Waals surface area contributed by atoms with Crippen LogP contribution in [-0.4, -0.2) is 65.7 Å². The van der Waals surface area contributed by atoms with Gasteiger partial charge in [-0.2, -0.15) is 4.98 Å². The quantitative estimate of drug-likeness (QED) is 0.435. The highest BCUT2D eigenvalue weighted by molar-refractivity contribution is 5.94. The summed E-state index contributed by atoms with van der Waals surface area (Å²) in [6.45, 7) is -0.470. The molecule has 5 fully saturated rings. The average Bonchev–Trinajstić information content (AvgIpc) is 3.28. The fraction of sp³-hybridized carbons (Fsp3) is 0.714. The Morgan fingerprint density at radius 1 is 1.19 bits per heavy atom. The van der Waals surface area contributed by atoms with Gasteiger partial charge < -0.3 is 20.1 Å². The van der Waals surface area contributed by atoms with Crippen LogP contribution in [0.3, 0.4) is 0 Å². The van der Waals surface area contributed by atoms with Gasteiger partial charge in [-0.1, -0.05) is 0 Å². The third-order valence-corrected chi connectivity index (χ3v) is 7.98. The molecule has 0 unspecified atom stereocenters. The Balaban J connectivity index is 1.31. The molecule has 1 aliphatic heterocycles. The van der Waals surface area contributed by atoms with Gasteiger partial charge in [0.2, 0.25) is 11.9 Å². The summed E-state index contributed by atoms with van der Waals surface area (Å²) in [7, 11) is 0. The number of amides is 1. The highest BCUT2D eigenvalue weighted by atomic mass is 16.6. The van der Waals surface area contributed by atoms with Crippen LogP contribution in [0, 0.1) is 23.2 Å². The van der Waals surface area contributed by atoms with E-state index in [4.69, 9.17) is 4.74 Å². The van der Waals surface area contributed by atoms with Gasteiger partial charge in [-0.15, -0.1) is 0 Å². The molecule has 172 valence electrons. The zero-order chi connectivity index (χ0) is 22.2. The Labute approximate surface area is 182 Å².